The van der Waals surface area contributed by atoms with Crippen molar-refractivity contribution in [1.82, 2.24) is 9.97 Å². The van der Waals surface area contributed by atoms with Gasteiger partial charge in [0.2, 0.25) is 11.8 Å². The minimum Gasteiger partial charge on any atom is -0.474 e. The van der Waals surface area contributed by atoms with Gasteiger partial charge in [0.05, 0.1) is 6.21 Å². The van der Waals surface area contributed by atoms with Crippen molar-refractivity contribution in [3.8, 4) is 11.8 Å². The predicted octanol–water partition coefficient (Wildman–Crippen LogP) is 5.62. The Hall–Kier alpha value is -3.61. The molecule has 180 valence electrons. The lowest BCUT2D eigenvalue weighted by atomic mass is 10.2. The van der Waals surface area contributed by atoms with Gasteiger partial charge in [-0.2, -0.15) is 10.1 Å². The topological polar surface area (TPSA) is 71.9 Å². The molecular formula is C27H35N5O2. The summed E-state index contributed by atoms with van der Waals surface area (Å²) in [5.74, 6) is 1.75. The van der Waals surface area contributed by atoms with Crippen molar-refractivity contribution in [2.75, 3.05) is 36.6 Å². The third-order valence-electron chi connectivity index (χ3n) is 5.04. The Morgan fingerprint density at radius 2 is 1.68 bits per heavy atom. The highest BCUT2D eigenvalue weighted by Gasteiger charge is 2.10. The van der Waals surface area contributed by atoms with Crippen molar-refractivity contribution in [2.45, 2.75) is 40.5 Å². The Morgan fingerprint density at radius 3 is 2.35 bits per heavy atom. The largest absolute Gasteiger partial charge is 0.474 e. The van der Waals surface area contributed by atoms with Crippen LogP contribution in [0.25, 0.3) is 0 Å². The number of pyridine rings is 2. The Kier molecular flexibility index (Phi) is 9.70. The molecule has 0 atom stereocenters. The van der Waals surface area contributed by atoms with Crippen molar-refractivity contribution in [3.63, 3.8) is 0 Å². The fourth-order valence-corrected chi connectivity index (χ4v) is 3.47. The molecule has 0 aliphatic heterocycles. The Balaban J connectivity index is 1.69. The minimum atomic E-state index is 0.361. The quantitative estimate of drug-likeness (QED) is 0.202. The van der Waals surface area contributed by atoms with Crippen LogP contribution in [0, 0.1) is 13.8 Å². The normalized spacial score (nSPS) is 10.9. The van der Waals surface area contributed by atoms with E-state index in [2.05, 4.69) is 58.3 Å². The summed E-state index contributed by atoms with van der Waals surface area (Å²) in [5, 5.41) is 4.39. The Morgan fingerprint density at radius 1 is 0.912 bits per heavy atom. The standard InChI is InChI=1S/C27H35N5O2/c1-5-12-32(13-6-2)24-17-25(31-29-20-23-9-7-8-21(3)16-23)30-27(18-24)34-15-14-33-26-11-10-22(4)19-28-26/h7-11,16-20H,5-6,12-15H2,1-4H3,(H,30,31)/b29-20+. The van der Waals surface area contributed by atoms with Crippen molar-refractivity contribution < 1.29 is 9.47 Å². The summed E-state index contributed by atoms with van der Waals surface area (Å²) in [4.78, 5) is 11.2. The lowest BCUT2D eigenvalue weighted by Crippen LogP contribution is -2.25. The molecule has 7 heteroatoms. The van der Waals surface area contributed by atoms with Gasteiger partial charge in [0, 0.05) is 43.2 Å². The molecule has 1 aromatic carbocycles. The molecule has 3 rings (SSSR count). The Bertz CT molecular complexity index is 1050. The molecule has 1 N–H and O–H groups in total. The van der Waals surface area contributed by atoms with Crippen LogP contribution >= 0.6 is 0 Å². The van der Waals surface area contributed by atoms with E-state index in [1.54, 1.807) is 12.4 Å². The second kappa shape index (κ2) is 13.2. The molecule has 0 spiro atoms. The summed E-state index contributed by atoms with van der Waals surface area (Å²) in [6.07, 6.45) is 5.70. The van der Waals surface area contributed by atoms with Crippen LogP contribution in [0.5, 0.6) is 11.8 Å². The third-order valence-corrected chi connectivity index (χ3v) is 5.04. The number of aryl methyl sites for hydroxylation is 2. The van der Waals surface area contributed by atoms with E-state index in [1.165, 1.54) is 5.56 Å². The molecule has 2 aromatic heterocycles. The number of nitrogens with one attached hydrogen (secondary N) is 1. The number of benzene rings is 1. The van der Waals surface area contributed by atoms with Gasteiger partial charge in [0.15, 0.2) is 5.82 Å². The lowest BCUT2D eigenvalue weighted by molar-refractivity contribution is 0.207. The van der Waals surface area contributed by atoms with Crippen LogP contribution < -0.4 is 19.8 Å². The monoisotopic (exact) mass is 461 g/mol. The molecule has 0 bridgehead atoms. The zero-order valence-corrected chi connectivity index (χ0v) is 20.6. The first-order valence-electron chi connectivity index (χ1n) is 11.9. The molecular weight excluding hydrogens is 426 g/mol. The fourth-order valence-electron chi connectivity index (χ4n) is 3.47. The van der Waals surface area contributed by atoms with Crippen molar-refractivity contribution in [3.05, 3.63) is 71.4 Å². The van der Waals surface area contributed by atoms with E-state index in [0.717, 1.165) is 42.7 Å². The highest BCUT2D eigenvalue weighted by molar-refractivity contribution is 5.80. The maximum absolute atomic E-state index is 5.94. The van der Waals surface area contributed by atoms with E-state index in [4.69, 9.17) is 9.47 Å². The number of aromatic nitrogens is 2. The highest BCUT2D eigenvalue weighted by atomic mass is 16.5. The van der Waals surface area contributed by atoms with Gasteiger partial charge in [-0.3, -0.25) is 5.43 Å². The van der Waals surface area contributed by atoms with Gasteiger partial charge < -0.3 is 14.4 Å². The second-order valence-corrected chi connectivity index (χ2v) is 8.19. The first-order valence-corrected chi connectivity index (χ1v) is 11.9. The van der Waals surface area contributed by atoms with Gasteiger partial charge >= 0.3 is 0 Å². The maximum atomic E-state index is 5.94. The summed E-state index contributed by atoms with van der Waals surface area (Å²) in [7, 11) is 0. The van der Waals surface area contributed by atoms with Gasteiger partial charge in [0.25, 0.3) is 0 Å². The average molecular weight is 462 g/mol. The number of ether oxygens (including phenoxy) is 2. The molecule has 2 heterocycles. The van der Waals surface area contributed by atoms with E-state index in [9.17, 15) is 0 Å². The van der Waals surface area contributed by atoms with Crippen LogP contribution in [0.1, 0.15) is 43.4 Å². The molecule has 0 amide bonds. The smallest absolute Gasteiger partial charge is 0.217 e. The van der Waals surface area contributed by atoms with Crippen LogP contribution in [-0.2, 0) is 0 Å². The van der Waals surface area contributed by atoms with E-state index in [-0.39, 0.29) is 0 Å². The van der Waals surface area contributed by atoms with Crippen LogP contribution in [0.2, 0.25) is 0 Å². The zero-order valence-electron chi connectivity index (χ0n) is 20.6. The van der Waals surface area contributed by atoms with Gasteiger partial charge in [-0.15, -0.1) is 0 Å². The molecule has 0 unspecified atom stereocenters. The number of anilines is 2. The van der Waals surface area contributed by atoms with E-state index < -0.39 is 0 Å². The summed E-state index contributed by atoms with van der Waals surface area (Å²) < 4.78 is 11.6. The first kappa shape index (κ1) is 25.0. The molecule has 0 radical (unpaired) electrons. The number of nitrogens with zero attached hydrogens (tertiary/aromatic N) is 4. The molecule has 0 fully saturated rings. The fraction of sp³-hybridized carbons (Fsp3) is 0.370. The lowest BCUT2D eigenvalue weighted by Gasteiger charge is -2.24. The molecule has 0 saturated carbocycles. The van der Waals surface area contributed by atoms with Crippen LogP contribution in [0.15, 0.2) is 59.8 Å². The minimum absolute atomic E-state index is 0.361. The van der Waals surface area contributed by atoms with Crippen LogP contribution in [0.3, 0.4) is 0 Å². The van der Waals surface area contributed by atoms with Gasteiger partial charge in [-0.1, -0.05) is 49.7 Å². The molecule has 7 nitrogen and oxygen atoms in total. The molecule has 3 aromatic rings. The number of hydrogen-bond donors (Lipinski definition) is 1. The molecule has 0 aliphatic rings. The van der Waals surface area contributed by atoms with Crippen molar-refractivity contribution in [1.29, 1.82) is 0 Å². The van der Waals surface area contributed by atoms with Crippen LogP contribution in [-0.4, -0.2) is 42.5 Å². The maximum Gasteiger partial charge on any atom is 0.217 e. The van der Waals surface area contributed by atoms with Crippen molar-refractivity contribution in [2.24, 2.45) is 5.10 Å². The predicted molar refractivity (Wildman–Crippen MR) is 139 cm³/mol. The summed E-state index contributed by atoms with van der Waals surface area (Å²) in [5.41, 5.74) is 7.44. The van der Waals surface area contributed by atoms with Gasteiger partial charge in [-0.05, 0) is 37.8 Å². The molecule has 34 heavy (non-hydrogen) atoms. The van der Waals surface area contributed by atoms with E-state index >= 15 is 0 Å². The molecule has 0 saturated heterocycles. The number of hydrogen-bond acceptors (Lipinski definition) is 7. The Labute approximate surface area is 202 Å². The van der Waals surface area contributed by atoms with Gasteiger partial charge in [-0.25, -0.2) is 4.98 Å². The van der Waals surface area contributed by atoms with Crippen molar-refractivity contribution >= 4 is 17.7 Å². The number of hydrazone groups is 1. The first-order chi connectivity index (χ1) is 16.6. The number of rotatable bonds is 13. The SMILES string of the molecule is CCCN(CCC)c1cc(N/N=C/c2cccc(C)c2)nc(OCCOc2ccc(C)cn2)c1. The average Bonchev–Trinajstić information content (AvgIpc) is 2.83. The molecule has 0 aliphatic carbocycles. The summed E-state index contributed by atoms with van der Waals surface area (Å²) in [6.45, 7) is 11.1. The summed E-state index contributed by atoms with van der Waals surface area (Å²) >= 11 is 0. The van der Waals surface area contributed by atoms with E-state index in [1.807, 2.05) is 43.3 Å². The summed E-state index contributed by atoms with van der Waals surface area (Å²) in [6, 6.07) is 16.0. The van der Waals surface area contributed by atoms with E-state index in [0.29, 0.717) is 30.8 Å². The third kappa shape index (κ3) is 8.06. The van der Waals surface area contributed by atoms with Gasteiger partial charge in [0.1, 0.15) is 13.2 Å². The highest BCUT2D eigenvalue weighted by Crippen LogP contribution is 2.24. The zero-order chi connectivity index (χ0) is 24.2. The van der Waals surface area contributed by atoms with Crippen LogP contribution in [0.4, 0.5) is 11.5 Å². The second-order valence-electron chi connectivity index (χ2n) is 8.19.